The molecule has 0 radical (unpaired) electrons. The molecule has 0 spiro atoms. The van der Waals surface area contributed by atoms with Crippen molar-refractivity contribution in [3.05, 3.63) is 12.2 Å². The van der Waals surface area contributed by atoms with Gasteiger partial charge in [-0.25, -0.2) is 0 Å². The van der Waals surface area contributed by atoms with E-state index in [-0.39, 0.29) is 31.1 Å². The minimum Gasteiger partial charge on any atom is -0.462 e. The van der Waals surface area contributed by atoms with Crippen molar-refractivity contribution in [2.75, 3.05) is 13.2 Å². The summed E-state index contributed by atoms with van der Waals surface area (Å²) in [4.78, 5) is 37.6. The highest BCUT2D eigenvalue weighted by molar-refractivity contribution is 5.71. The molecule has 0 aliphatic carbocycles. The van der Waals surface area contributed by atoms with E-state index in [0.29, 0.717) is 19.3 Å². The molecular formula is C54H102O6. The number of hydrogen-bond donors (Lipinski definition) is 0. The normalized spacial score (nSPS) is 12.0. The maximum Gasteiger partial charge on any atom is 0.306 e. The van der Waals surface area contributed by atoms with Crippen LogP contribution in [-0.4, -0.2) is 37.2 Å². The van der Waals surface area contributed by atoms with Crippen LogP contribution >= 0.6 is 0 Å². The number of rotatable bonds is 49. The van der Waals surface area contributed by atoms with Gasteiger partial charge in [-0.2, -0.15) is 0 Å². The summed E-state index contributed by atoms with van der Waals surface area (Å²) in [7, 11) is 0. The van der Waals surface area contributed by atoms with Gasteiger partial charge in [-0.3, -0.25) is 14.4 Å². The molecule has 354 valence electrons. The zero-order valence-corrected chi connectivity index (χ0v) is 40.5. The molecule has 6 heteroatoms. The van der Waals surface area contributed by atoms with E-state index in [1.165, 1.54) is 186 Å². The average molecular weight is 847 g/mol. The standard InChI is InChI=1S/C54H102O6/c1-4-7-10-13-15-17-19-20-21-22-23-24-25-26-27-28-29-30-31-32-33-35-36-38-41-44-47-53(56)59-50-51(49-58-52(55)46-43-40-12-9-6-3)60-54(57)48-45-42-39-37-34-18-16-14-11-8-5-2/h14,16,51H,4-13,15,17-50H2,1-3H3/b16-14-. The summed E-state index contributed by atoms with van der Waals surface area (Å²) in [6.07, 6.45) is 55.5. The Hall–Kier alpha value is -1.85. The van der Waals surface area contributed by atoms with Crippen LogP contribution in [0.3, 0.4) is 0 Å². The summed E-state index contributed by atoms with van der Waals surface area (Å²) in [6, 6.07) is 0. The molecule has 0 bridgehead atoms. The molecule has 0 aromatic carbocycles. The quantitative estimate of drug-likeness (QED) is 0.0263. The predicted octanol–water partition coefficient (Wildman–Crippen LogP) is 17.4. The smallest absolute Gasteiger partial charge is 0.306 e. The fourth-order valence-corrected chi connectivity index (χ4v) is 7.95. The number of ether oxygens (including phenoxy) is 3. The van der Waals surface area contributed by atoms with E-state index in [9.17, 15) is 14.4 Å². The maximum atomic E-state index is 12.7. The molecule has 0 aromatic heterocycles. The van der Waals surface area contributed by atoms with Crippen LogP contribution in [0.15, 0.2) is 12.2 Å². The van der Waals surface area contributed by atoms with Crippen LogP contribution in [0.25, 0.3) is 0 Å². The van der Waals surface area contributed by atoms with Crippen molar-refractivity contribution in [2.45, 2.75) is 303 Å². The van der Waals surface area contributed by atoms with Crippen molar-refractivity contribution in [1.29, 1.82) is 0 Å². The molecule has 0 N–H and O–H groups in total. The van der Waals surface area contributed by atoms with Crippen molar-refractivity contribution in [2.24, 2.45) is 0 Å². The minimum atomic E-state index is -0.765. The largest absolute Gasteiger partial charge is 0.462 e. The molecular weight excluding hydrogens is 745 g/mol. The van der Waals surface area contributed by atoms with Crippen LogP contribution in [-0.2, 0) is 28.6 Å². The van der Waals surface area contributed by atoms with Crippen molar-refractivity contribution >= 4 is 17.9 Å². The number of carbonyl (C=O) groups excluding carboxylic acids is 3. The predicted molar refractivity (Wildman–Crippen MR) is 256 cm³/mol. The lowest BCUT2D eigenvalue weighted by atomic mass is 10.0. The first-order chi connectivity index (χ1) is 29.5. The molecule has 0 saturated heterocycles. The Balaban J connectivity index is 3.93. The third kappa shape index (κ3) is 47.2. The van der Waals surface area contributed by atoms with Crippen molar-refractivity contribution in [3.63, 3.8) is 0 Å². The maximum absolute atomic E-state index is 12.7. The Morgan fingerprint density at radius 2 is 0.567 bits per heavy atom. The van der Waals surface area contributed by atoms with Crippen molar-refractivity contribution in [1.82, 2.24) is 0 Å². The lowest BCUT2D eigenvalue weighted by molar-refractivity contribution is -0.167. The molecule has 0 rings (SSSR count). The van der Waals surface area contributed by atoms with E-state index in [4.69, 9.17) is 14.2 Å². The van der Waals surface area contributed by atoms with Crippen molar-refractivity contribution < 1.29 is 28.6 Å². The van der Waals surface area contributed by atoms with Gasteiger partial charge in [-0.1, -0.05) is 251 Å². The molecule has 0 aromatic rings. The fraction of sp³-hybridized carbons (Fsp3) is 0.907. The Kier molecular flexibility index (Phi) is 48.3. The lowest BCUT2D eigenvalue weighted by Crippen LogP contribution is -2.30. The van der Waals surface area contributed by atoms with Gasteiger partial charge in [0, 0.05) is 19.3 Å². The Labute approximate surface area is 373 Å². The van der Waals surface area contributed by atoms with Gasteiger partial charge in [0.15, 0.2) is 6.10 Å². The molecule has 0 aliphatic heterocycles. The first kappa shape index (κ1) is 58.1. The third-order valence-corrected chi connectivity index (χ3v) is 12.0. The van der Waals surface area contributed by atoms with Gasteiger partial charge >= 0.3 is 17.9 Å². The van der Waals surface area contributed by atoms with E-state index in [1.54, 1.807) is 0 Å². The summed E-state index contributed by atoms with van der Waals surface area (Å²) in [5, 5.41) is 0. The van der Waals surface area contributed by atoms with Gasteiger partial charge in [0.2, 0.25) is 0 Å². The van der Waals surface area contributed by atoms with Crippen LogP contribution in [0, 0.1) is 0 Å². The molecule has 0 saturated carbocycles. The van der Waals surface area contributed by atoms with Gasteiger partial charge in [0.25, 0.3) is 0 Å². The van der Waals surface area contributed by atoms with E-state index >= 15 is 0 Å². The molecule has 0 amide bonds. The molecule has 0 aliphatic rings. The zero-order chi connectivity index (χ0) is 43.7. The summed E-state index contributed by atoms with van der Waals surface area (Å²) < 4.78 is 16.6. The average Bonchev–Trinajstić information content (AvgIpc) is 3.24. The van der Waals surface area contributed by atoms with Gasteiger partial charge in [-0.15, -0.1) is 0 Å². The van der Waals surface area contributed by atoms with Crippen LogP contribution in [0.1, 0.15) is 297 Å². The Morgan fingerprint density at radius 3 is 0.883 bits per heavy atom. The second kappa shape index (κ2) is 49.8. The zero-order valence-electron chi connectivity index (χ0n) is 40.5. The van der Waals surface area contributed by atoms with Gasteiger partial charge < -0.3 is 14.2 Å². The molecule has 1 atom stereocenters. The molecule has 1 unspecified atom stereocenters. The number of hydrogen-bond acceptors (Lipinski definition) is 6. The van der Waals surface area contributed by atoms with E-state index in [1.807, 2.05) is 0 Å². The fourth-order valence-electron chi connectivity index (χ4n) is 7.95. The first-order valence-electron chi connectivity index (χ1n) is 26.7. The third-order valence-electron chi connectivity index (χ3n) is 12.0. The summed E-state index contributed by atoms with van der Waals surface area (Å²) in [6.45, 7) is 6.54. The number of carbonyl (C=O) groups is 3. The van der Waals surface area contributed by atoms with E-state index < -0.39 is 6.10 Å². The molecule has 60 heavy (non-hydrogen) atoms. The second-order valence-electron chi connectivity index (χ2n) is 18.2. The number of unbranched alkanes of at least 4 members (excludes halogenated alkanes) is 36. The topological polar surface area (TPSA) is 78.9 Å². The Morgan fingerprint density at radius 1 is 0.317 bits per heavy atom. The molecule has 0 heterocycles. The van der Waals surface area contributed by atoms with Gasteiger partial charge in [0.05, 0.1) is 0 Å². The van der Waals surface area contributed by atoms with Gasteiger partial charge in [0.1, 0.15) is 13.2 Å². The SMILES string of the molecule is CCCC/C=C\CCCCCCCC(=O)OC(COC(=O)CCCCCCC)COC(=O)CCCCCCCCCCCCCCCCCCCCCCCCCCCC. The summed E-state index contributed by atoms with van der Waals surface area (Å²) in [5.41, 5.74) is 0. The first-order valence-corrected chi connectivity index (χ1v) is 26.7. The molecule has 0 fully saturated rings. The van der Waals surface area contributed by atoms with Crippen LogP contribution < -0.4 is 0 Å². The lowest BCUT2D eigenvalue weighted by Gasteiger charge is -2.18. The molecule has 6 nitrogen and oxygen atoms in total. The monoisotopic (exact) mass is 847 g/mol. The van der Waals surface area contributed by atoms with Gasteiger partial charge in [-0.05, 0) is 38.5 Å². The highest BCUT2D eigenvalue weighted by Gasteiger charge is 2.19. The van der Waals surface area contributed by atoms with Crippen molar-refractivity contribution in [3.8, 4) is 0 Å². The highest BCUT2D eigenvalue weighted by Crippen LogP contribution is 2.17. The second-order valence-corrected chi connectivity index (χ2v) is 18.2. The van der Waals surface area contributed by atoms with Crippen LogP contribution in [0.4, 0.5) is 0 Å². The summed E-state index contributed by atoms with van der Waals surface area (Å²) in [5.74, 6) is -0.881. The highest BCUT2D eigenvalue weighted by atomic mass is 16.6. The van der Waals surface area contributed by atoms with Crippen LogP contribution in [0.5, 0.6) is 0 Å². The number of esters is 3. The number of allylic oxidation sites excluding steroid dienone is 2. The van der Waals surface area contributed by atoms with E-state index in [0.717, 1.165) is 70.6 Å². The minimum absolute atomic E-state index is 0.0698. The van der Waals surface area contributed by atoms with E-state index in [2.05, 4.69) is 32.9 Å². The Bertz CT molecular complexity index is 931. The van der Waals surface area contributed by atoms with Crippen LogP contribution in [0.2, 0.25) is 0 Å². The summed E-state index contributed by atoms with van der Waals surface area (Å²) >= 11 is 0.